The Morgan fingerprint density at radius 3 is 2.86 bits per heavy atom. The Morgan fingerprint density at radius 2 is 2.19 bits per heavy atom. The molecule has 4 nitrogen and oxygen atoms in total. The molecule has 2 aromatic rings. The number of methoxy groups -OCH3 is 1. The van der Waals surface area contributed by atoms with Crippen LogP contribution in [0, 0.1) is 6.92 Å². The fourth-order valence-corrected chi connectivity index (χ4v) is 3.55. The van der Waals surface area contributed by atoms with Crippen LogP contribution in [0.15, 0.2) is 29.8 Å². The van der Waals surface area contributed by atoms with E-state index in [0.29, 0.717) is 6.04 Å². The molecule has 112 valence electrons. The van der Waals surface area contributed by atoms with E-state index in [2.05, 4.69) is 34.3 Å². The second-order valence-corrected chi connectivity index (χ2v) is 6.26. The van der Waals surface area contributed by atoms with Gasteiger partial charge in [0.05, 0.1) is 18.3 Å². The smallest absolute Gasteiger partial charge is 0.118 e. The topological polar surface area (TPSA) is 37.4 Å². The molecule has 1 atom stereocenters. The van der Waals surface area contributed by atoms with Gasteiger partial charge in [-0.15, -0.1) is 11.3 Å². The summed E-state index contributed by atoms with van der Waals surface area (Å²) in [6, 6.07) is 8.83. The van der Waals surface area contributed by atoms with Crippen LogP contribution in [0.5, 0.6) is 5.75 Å². The zero-order valence-electron chi connectivity index (χ0n) is 12.5. The second kappa shape index (κ2) is 6.56. The standard InChI is InChI=1S/C16H21N3OS/c1-12-16(21-11-18-12)10-19-8-7-17-9-15(19)13-3-5-14(20-2)6-4-13/h3-6,11,15,17H,7-10H2,1-2H3/t15-/m0/s1. The van der Waals surface area contributed by atoms with Gasteiger partial charge in [-0.25, -0.2) is 4.98 Å². The second-order valence-electron chi connectivity index (χ2n) is 5.32. The number of nitrogens with one attached hydrogen (secondary N) is 1. The minimum Gasteiger partial charge on any atom is -0.497 e. The lowest BCUT2D eigenvalue weighted by Gasteiger charge is -2.36. The SMILES string of the molecule is COc1ccc([C@@H]2CNCCN2Cc2scnc2C)cc1. The molecule has 1 saturated heterocycles. The highest BCUT2D eigenvalue weighted by molar-refractivity contribution is 7.09. The molecule has 1 fully saturated rings. The third-order valence-electron chi connectivity index (χ3n) is 4.05. The van der Waals surface area contributed by atoms with E-state index >= 15 is 0 Å². The third kappa shape index (κ3) is 3.26. The van der Waals surface area contributed by atoms with Crippen molar-refractivity contribution in [2.75, 3.05) is 26.7 Å². The molecule has 0 spiro atoms. The van der Waals surface area contributed by atoms with E-state index in [1.165, 1.54) is 10.4 Å². The van der Waals surface area contributed by atoms with Gasteiger partial charge in [-0.3, -0.25) is 4.90 Å². The molecule has 1 aromatic carbocycles. The van der Waals surface area contributed by atoms with Gasteiger partial charge in [0, 0.05) is 37.1 Å². The van der Waals surface area contributed by atoms with Gasteiger partial charge in [-0.2, -0.15) is 0 Å². The van der Waals surface area contributed by atoms with Crippen LogP contribution in [0.25, 0.3) is 0 Å². The van der Waals surface area contributed by atoms with Crippen LogP contribution in [0.1, 0.15) is 22.2 Å². The number of ether oxygens (including phenoxy) is 1. The van der Waals surface area contributed by atoms with Gasteiger partial charge in [0.1, 0.15) is 5.75 Å². The normalized spacial score (nSPS) is 19.6. The third-order valence-corrected chi connectivity index (χ3v) is 4.97. The molecule has 0 amide bonds. The van der Waals surface area contributed by atoms with E-state index in [-0.39, 0.29) is 0 Å². The molecule has 0 aliphatic carbocycles. The molecule has 1 aromatic heterocycles. The molecular formula is C16H21N3OS. The molecule has 0 unspecified atom stereocenters. The highest BCUT2D eigenvalue weighted by atomic mass is 32.1. The van der Waals surface area contributed by atoms with E-state index in [1.54, 1.807) is 18.4 Å². The Balaban J connectivity index is 1.78. The summed E-state index contributed by atoms with van der Waals surface area (Å²) in [5.41, 5.74) is 4.44. The van der Waals surface area contributed by atoms with Gasteiger partial charge < -0.3 is 10.1 Å². The van der Waals surface area contributed by atoms with Gasteiger partial charge in [0.2, 0.25) is 0 Å². The summed E-state index contributed by atoms with van der Waals surface area (Å²) in [5.74, 6) is 0.910. The Hall–Kier alpha value is -1.43. The van der Waals surface area contributed by atoms with Crippen molar-refractivity contribution in [2.24, 2.45) is 0 Å². The molecule has 0 radical (unpaired) electrons. The molecule has 1 N–H and O–H groups in total. The Morgan fingerprint density at radius 1 is 1.38 bits per heavy atom. The summed E-state index contributed by atoms with van der Waals surface area (Å²) in [7, 11) is 1.70. The van der Waals surface area contributed by atoms with E-state index in [9.17, 15) is 0 Å². The first-order valence-electron chi connectivity index (χ1n) is 7.25. The maximum atomic E-state index is 5.25. The number of piperazine rings is 1. The highest BCUT2D eigenvalue weighted by Crippen LogP contribution is 2.27. The van der Waals surface area contributed by atoms with Crippen LogP contribution >= 0.6 is 11.3 Å². The molecular weight excluding hydrogens is 282 g/mol. The Bertz CT molecular complexity index is 581. The number of nitrogens with zero attached hydrogens (tertiary/aromatic N) is 2. The average molecular weight is 303 g/mol. The van der Waals surface area contributed by atoms with Crippen molar-refractivity contribution in [2.45, 2.75) is 19.5 Å². The minimum absolute atomic E-state index is 0.408. The van der Waals surface area contributed by atoms with Gasteiger partial charge in [0.25, 0.3) is 0 Å². The predicted octanol–water partition coefficient (Wildman–Crippen LogP) is 2.61. The van der Waals surface area contributed by atoms with E-state index in [4.69, 9.17) is 4.74 Å². The zero-order chi connectivity index (χ0) is 14.7. The maximum Gasteiger partial charge on any atom is 0.118 e. The highest BCUT2D eigenvalue weighted by Gasteiger charge is 2.24. The summed E-state index contributed by atoms with van der Waals surface area (Å²) in [4.78, 5) is 8.27. The summed E-state index contributed by atoms with van der Waals surface area (Å²) in [5, 5.41) is 3.50. The van der Waals surface area contributed by atoms with Crippen molar-refractivity contribution in [1.29, 1.82) is 0 Å². The van der Waals surface area contributed by atoms with Gasteiger partial charge in [-0.05, 0) is 24.6 Å². The molecule has 2 heterocycles. The summed E-state index contributed by atoms with van der Waals surface area (Å²) >= 11 is 1.75. The Kier molecular flexibility index (Phi) is 4.53. The molecule has 0 bridgehead atoms. The quantitative estimate of drug-likeness (QED) is 0.942. The van der Waals surface area contributed by atoms with Gasteiger partial charge in [0.15, 0.2) is 0 Å². The van der Waals surface area contributed by atoms with Crippen molar-refractivity contribution < 1.29 is 4.74 Å². The molecule has 0 saturated carbocycles. The predicted molar refractivity (Wildman–Crippen MR) is 85.9 cm³/mol. The van der Waals surface area contributed by atoms with Crippen LogP contribution < -0.4 is 10.1 Å². The van der Waals surface area contributed by atoms with Crippen molar-refractivity contribution in [3.05, 3.63) is 45.9 Å². The molecule has 1 aliphatic heterocycles. The first-order valence-corrected chi connectivity index (χ1v) is 8.13. The number of aromatic nitrogens is 1. The monoisotopic (exact) mass is 303 g/mol. The zero-order valence-corrected chi connectivity index (χ0v) is 13.3. The molecule has 5 heteroatoms. The molecule has 3 rings (SSSR count). The van der Waals surface area contributed by atoms with Crippen LogP contribution in [-0.2, 0) is 6.54 Å². The summed E-state index contributed by atoms with van der Waals surface area (Å²) in [6.07, 6.45) is 0. The van der Waals surface area contributed by atoms with E-state index in [1.807, 2.05) is 17.6 Å². The number of hydrogen-bond acceptors (Lipinski definition) is 5. The van der Waals surface area contributed by atoms with Gasteiger partial charge >= 0.3 is 0 Å². The number of thiazole rings is 1. The fourth-order valence-electron chi connectivity index (χ4n) is 2.75. The molecule has 21 heavy (non-hydrogen) atoms. The maximum absolute atomic E-state index is 5.25. The van der Waals surface area contributed by atoms with Crippen molar-refractivity contribution >= 4 is 11.3 Å². The first-order chi connectivity index (χ1) is 10.3. The Labute approximate surface area is 129 Å². The minimum atomic E-state index is 0.408. The average Bonchev–Trinajstić information content (AvgIpc) is 2.93. The molecule has 1 aliphatic rings. The lowest BCUT2D eigenvalue weighted by molar-refractivity contribution is 0.155. The van der Waals surface area contributed by atoms with Crippen molar-refractivity contribution in [3.8, 4) is 5.75 Å². The number of benzene rings is 1. The number of hydrogen-bond donors (Lipinski definition) is 1. The van der Waals surface area contributed by atoms with Crippen LogP contribution in [0.2, 0.25) is 0 Å². The van der Waals surface area contributed by atoms with Gasteiger partial charge in [-0.1, -0.05) is 12.1 Å². The van der Waals surface area contributed by atoms with Crippen LogP contribution in [0.4, 0.5) is 0 Å². The van der Waals surface area contributed by atoms with Crippen LogP contribution in [-0.4, -0.2) is 36.6 Å². The van der Waals surface area contributed by atoms with E-state index < -0.39 is 0 Å². The van der Waals surface area contributed by atoms with Crippen molar-refractivity contribution in [1.82, 2.24) is 15.2 Å². The lowest BCUT2D eigenvalue weighted by Crippen LogP contribution is -2.45. The fraction of sp³-hybridized carbons (Fsp3) is 0.438. The number of rotatable bonds is 4. The van der Waals surface area contributed by atoms with Crippen LogP contribution in [0.3, 0.4) is 0 Å². The number of aryl methyl sites for hydroxylation is 1. The first kappa shape index (κ1) is 14.5. The summed E-state index contributed by atoms with van der Waals surface area (Å²) < 4.78 is 5.25. The summed E-state index contributed by atoms with van der Waals surface area (Å²) in [6.45, 7) is 6.17. The largest absolute Gasteiger partial charge is 0.497 e. The lowest BCUT2D eigenvalue weighted by atomic mass is 10.0. The van der Waals surface area contributed by atoms with Crippen molar-refractivity contribution in [3.63, 3.8) is 0 Å². The van der Waals surface area contributed by atoms with E-state index in [0.717, 1.165) is 37.6 Å².